The molecule has 1 amide bonds. The van der Waals surface area contributed by atoms with Crippen LogP contribution in [-0.4, -0.2) is 65.2 Å². The molecule has 0 aliphatic carbocycles. The SMILES string of the molecule is CCC(=O)N(CCN1CCOCC1)Cc1cc(Cl)ccc1OCc1nc(CO)cs1. The van der Waals surface area contributed by atoms with Gasteiger partial charge in [-0.1, -0.05) is 18.5 Å². The van der Waals surface area contributed by atoms with Crippen molar-refractivity contribution in [2.45, 2.75) is 33.1 Å². The van der Waals surface area contributed by atoms with Crippen molar-refractivity contribution in [3.05, 3.63) is 44.9 Å². The van der Waals surface area contributed by atoms with Crippen LogP contribution in [0.2, 0.25) is 5.02 Å². The minimum Gasteiger partial charge on any atom is -0.486 e. The quantitative estimate of drug-likeness (QED) is 0.596. The van der Waals surface area contributed by atoms with Crippen LogP contribution in [0.25, 0.3) is 0 Å². The number of aliphatic hydroxyl groups excluding tert-OH is 1. The molecule has 7 nitrogen and oxygen atoms in total. The van der Waals surface area contributed by atoms with E-state index in [9.17, 15) is 9.90 Å². The van der Waals surface area contributed by atoms with Crippen molar-refractivity contribution in [3.63, 3.8) is 0 Å². The van der Waals surface area contributed by atoms with Crippen LogP contribution in [0.3, 0.4) is 0 Å². The first-order valence-electron chi connectivity index (χ1n) is 10.1. The number of carbonyl (C=O) groups excluding carboxylic acids is 1. The van der Waals surface area contributed by atoms with Crippen LogP contribution in [0, 0.1) is 0 Å². The van der Waals surface area contributed by atoms with Crippen molar-refractivity contribution in [1.82, 2.24) is 14.8 Å². The molecule has 9 heteroatoms. The van der Waals surface area contributed by atoms with Gasteiger partial charge in [-0.2, -0.15) is 0 Å². The van der Waals surface area contributed by atoms with Crippen molar-refractivity contribution in [2.24, 2.45) is 0 Å². The summed E-state index contributed by atoms with van der Waals surface area (Å²) in [6, 6.07) is 5.46. The van der Waals surface area contributed by atoms with Crippen LogP contribution in [0.1, 0.15) is 29.6 Å². The number of halogens is 1. The Balaban J connectivity index is 1.67. The van der Waals surface area contributed by atoms with E-state index in [4.69, 9.17) is 21.1 Å². The molecule has 1 aliphatic heterocycles. The van der Waals surface area contributed by atoms with Crippen molar-refractivity contribution in [1.29, 1.82) is 0 Å². The number of aliphatic hydroxyl groups is 1. The number of nitrogens with zero attached hydrogens (tertiary/aromatic N) is 3. The fraction of sp³-hybridized carbons (Fsp3) is 0.524. The van der Waals surface area contributed by atoms with E-state index >= 15 is 0 Å². The van der Waals surface area contributed by atoms with E-state index in [0.29, 0.717) is 42.6 Å². The molecular formula is C21H28ClN3O4S. The Morgan fingerprint density at radius 3 is 2.90 bits per heavy atom. The highest BCUT2D eigenvalue weighted by molar-refractivity contribution is 7.09. The van der Waals surface area contributed by atoms with E-state index < -0.39 is 0 Å². The first kappa shape index (κ1) is 23.0. The molecule has 3 rings (SSSR count). The number of benzene rings is 1. The van der Waals surface area contributed by atoms with Gasteiger partial charge in [0, 0.05) is 55.1 Å². The molecule has 1 aromatic carbocycles. The number of thiazole rings is 1. The maximum Gasteiger partial charge on any atom is 0.222 e. The van der Waals surface area contributed by atoms with E-state index in [0.717, 1.165) is 43.4 Å². The number of hydrogen-bond acceptors (Lipinski definition) is 7. The Kier molecular flexibility index (Phi) is 8.89. The summed E-state index contributed by atoms with van der Waals surface area (Å²) in [5.41, 5.74) is 1.50. The van der Waals surface area contributed by atoms with Crippen molar-refractivity contribution >= 4 is 28.8 Å². The van der Waals surface area contributed by atoms with Crippen molar-refractivity contribution < 1.29 is 19.4 Å². The van der Waals surface area contributed by atoms with E-state index in [2.05, 4.69) is 9.88 Å². The minimum atomic E-state index is -0.0834. The number of amides is 1. The third-order valence-corrected chi connectivity index (χ3v) is 6.05. The highest BCUT2D eigenvalue weighted by atomic mass is 35.5. The fourth-order valence-corrected chi connectivity index (χ4v) is 4.14. The van der Waals surface area contributed by atoms with Gasteiger partial charge in [0.15, 0.2) is 0 Å². The highest BCUT2D eigenvalue weighted by Crippen LogP contribution is 2.26. The van der Waals surface area contributed by atoms with Crippen LogP contribution < -0.4 is 4.74 Å². The number of rotatable bonds is 10. The zero-order valence-corrected chi connectivity index (χ0v) is 18.8. The van der Waals surface area contributed by atoms with E-state index in [1.165, 1.54) is 11.3 Å². The lowest BCUT2D eigenvalue weighted by atomic mass is 10.1. The summed E-state index contributed by atoms with van der Waals surface area (Å²) in [4.78, 5) is 21.1. The molecule has 0 saturated carbocycles. The predicted molar refractivity (Wildman–Crippen MR) is 117 cm³/mol. The topological polar surface area (TPSA) is 75.1 Å². The molecule has 1 aliphatic rings. The molecule has 0 spiro atoms. The number of carbonyl (C=O) groups is 1. The molecule has 164 valence electrons. The van der Waals surface area contributed by atoms with Gasteiger partial charge in [-0.3, -0.25) is 9.69 Å². The second-order valence-electron chi connectivity index (χ2n) is 7.05. The van der Waals surface area contributed by atoms with Crippen LogP contribution in [0.5, 0.6) is 5.75 Å². The molecular weight excluding hydrogens is 426 g/mol. The summed E-state index contributed by atoms with van der Waals surface area (Å²) >= 11 is 7.68. The lowest BCUT2D eigenvalue weighted by Crippen LogP contribution is -2.42. The second-order valence-corrected chi connectivity index (χ2v) is 8.43. The Hall–Kier alpha value is -1.71. The van der Waals surface area contributed by atoms with Crippen LogP contribution in [-0.2, 0) is 29.3 Å². The second kappa shape index (κ2) is 11.6. The standard InChI is InChI=1S/C21H28ClN3O4S/c1-2-21(27)25(6-5-24-7-9-28-10-8-24)12-16-11-17(22)3-4-19(16)29-14-20-23-18(13-26)15-30-20/h3-4,11,15,26H,2,5-10,12-14H2,1H3. The molecule has 1 aromatic heterocycles. The summed E-state index contributed by atoms with van der Waals surface area (Å²) in [5, 5.41) is 12.4. The fourth-order valence-electron chi connectivity index (χ4n) is 3.25. The molecule has 0 atom stereocenters. The molecule has 1 N–H and O–H groups in total. The van der Waals surface area contributed by atoms with Gasteiger partial charge in [0.25, 0.3) is 0 Å². The van der Waals surface area contributed by atoms with Crippen molar-refractivity contribution in [3.8, 4) is 5.75 Å². The summed E-state index contributed by atoms with van der Waals surface area (Å²) in [7, 11) is 0. The third-order valence-electron chi connectivity index (χ3n) is 4.94. The lowest BCUT2D eigenvalue weighted by molar-refractivity contribution is -0.131. The van der Waals surface area contributed by atoms with Crippen LogP contribution in [0.15, 0.2) is 23.6 Å². The van der Waals surface area contributed by atoms with E-state index in [-0.39, 0.29) is 12.5 Å². The van der Waals surface area contributed by atoms with E-state index in [1.54, 1.807) is 6.07 Å². The number of aromatic nitrogens is 1. The number of morpholine rings is 1. The first-order valence-corrected chi connectivity index (χ1v) is 11.4. The summed E-state index contributed by atoms with van der Waals surface area (Å²) < 4.78 is 11.4. The highest BCUT2D eigenvalue weighted by Gasteiger charge is 2.18. The monoisotopic (exact) mass is 453 g/mol. The molecule has 1 saturated heterocycles. The molecule has 0 radical (unpaired) electrons. The molecule has 1 fully saturated rings. The lowest BCUT2D eigenvalue weighted by Gasteiger charge is -2.30. The molecule has 2 aromatic rings. The Labute approximate surface area is 186 Å². The van der Waals surface area contributed by atoms with Gasteiger partial charge >= 0.3 is 0 Å². The van der Waals surface area contributed by atoms with Gasteiger partial charge < -0.3 is 19.5 Å². The van der Waals surface area contributed by atoms with Gasteiger partial charge in [-0.05, 0) is 18.2 Å². The number of hydrogen-bond donors (Lipinski definition) is 1. The van der Waals surface area contributed by atoms with Gasteiger partial charge in [0.1, 0.15) is 17.4 Å². The summed E-state index contributed by atoms with van der Waals surface area (Å²) in [6.45, 7) is 7.25. The minimum absolute atomic E-state index is 0.0834. The third kappa shape index (κ3) is 6.65. The maximum atomic E-state index is 12.6. The smallest absolute Gasteiger partial charge is 0.222 e. The van der Waals surface area contributed by atoms with Gasteiger partial charge in [-0.25, -0.2) is 4.98 Å². The normalized spacial score (nSPS) is 14.6. The van der Waals surface area contributed by atoms with Crippen LogP contribution >= 0.6 is 22.9 Å². The van der Waals surface area contributed by atoms with Crippen LogP contribution in [0.4, 0.5) is 0 Å². The Morgan fingerprint density at radius 1 is 1.40 bits per heavy atom. The summed E-state index contributed by atoms with van der Waals surface area (Å²) in [6.07, 6.45) is 0.447. The van der Waals surface area contributed by atoms with Gasteiger partial charge in [-0.15, -0.1) is 11.3 Å². The maximum absolute atomic E-state index is 12.6. The Bertz CT molecular complexity index is 826. The summed E-state index contributed by atoms with van der Waals surface area (Å²) in [5.74, 6) is 0.780. The predicted octanol–water partition coefficient (Wildman–Crippen LogP) is 2.94. The number of ether oxygens (including phenoxy) is 2. The average Bonchev–Trinajstić information content (AvgIpc) is 3.24. The van der Waals surface area contributed by atoms with E-state index in [1.807, 2.05) is 29.3 Å². The first-order chi connectivity index (χ1) is 14.6. The van der Waals surface area contributed by atoms with Crippen molar-refractivity contribution in [2.75, 3.05) is 39.4 Å². The Morgan fingerprint density at radius 2 is 2.20 bits per heavy atom. The average molecular weight is 454 g/mol. The zero-order chi connectivity index (χ0) is 21.3. The van der Waals surface area contributed by atoms with Gasteiger partial charge in [0.2, 0.25) is 5.91 Å². The molecule has 0 unspecified atom stereocenters. The molecule has 2 heterocycles. The molecule has 30 heavy (non-hydrogen) atoms. The molecule has 0 bridgehead atoms. The largest absolute Gasteiger partial charge is 0.486 e. The van der Waals surface area contributed by atoms with Gasteiger partial charge in [0.05, 0.1) is 25.5 Å². The zero-order valence-electron chi connectivity index (χ0n) is 17.2.